The van der Waals surface area contributed by atoms with Crippen molar-refractivity contribution in [2.75, 3.05) is 6.54 Å². The normalized spacial score (nSPS) is 11.2. The summed E-state index contributed by atoms with van der Waals surface area (Å²) in [6.07, 6.45) is 1.52. The highest BCUT2D eigenvalue weighted by molar-refractivity contribution is 6.11. The predicted octanol–water partition coefficient (Wildman–Crippen LogP) is 0.231. The van der Waals surface area contributed by atoms with Crippen molar-refractivity contribution in [3.8, 4) is 0 Å². The van der Waals surface area contributed by atoms with E-state index in [9.17, 15) is 4.79 Å². The predicted molar refractivity (Wildman–Crippen MR) is 64.1 cm³/mol. The average Bonchev–Trinajstić information content (AvgIpc) is 2.89. The molecule has 18 heavy (non-hydrogen) atoms. The van der Waals surface area contributed by atoms with Gasteiger partial charge in [0.25, 0.3) is 0 Å². The molecule has 0 aliphatic rings. The van der Waals surface area contributed by atoms with Crippen LogP contribution in [0.1, 0.15) is 11.3 Å². The highest BCUT2D eigenvalue weighted by Crippen LogP contribution is 2.06. The Morgan fingerprint density at radius 2 is 2.17 bits per heavy atom. The lowest BCUT2D eigenvalue weighted by atomic mass is 10.1. The molecule has 1 aromatic carbocycles. The van der Waals surface area contributed by atoms with Gasteiger partial charge in [0.05, 0.1) is 6.20 Å². The second-order valence-electron chi connectivity index (χ2n) is 3.41. The average molecular weight is 245 g/mol. The third kappa shape index (κ3) is 2.91. The van der Waals surface area contributed by atoms with Gasteiger partial charge in [-0.2, -0.15) is 20.5 Å². The lowest BCUT2D eigenvalue weighted by Gasteiger charge is -2.03. The quantitative estimate of drug-likeness (QED) is 0.517. The van der Waals surface area contributed by atoms with E-state index < -0.39 is 5.97 Å². The van der Waals surface area contributed by atoms with E-state index in [0.717, 1.165) is 5.56 Å². The van der Waals surface area contributed by atoms with E-state index in [4.69, 9.17) is 5.11 Å². The number of hydrogen-bond donors (Lipinski definition) is 3. The number of hydrogen-bond acceptors (Lipinski definition) is 5. The van der Waals surface area contributed by atoms with Crippen LogP contribution >= 0.6 is 0 Å². The second kappa shape index (κ2) is 5.58. The Kier molecular flexibility index (Phi) is 3.65. The maximum absolute atomic E-state index is 10.4. The first kappa shape index (κ1) is 11.8. The first-order valence-corrected chi connectivity index (χ1v) is 5.21. The number of aromatic amines is 1. The van der Waals surface area contributed by atoms with Crippen molar-refractivity contribution in [2.24, 2.45) is 5.10 Å². The summed E-state index contributed by atoms with van der Waals surface area (Å²) in [7, 11) is 0. The van der Waals surface area contributed by atoms with Crippen LogP contribution in [0, 0.1) is 0 Å². The van der Waals surface area contributed by atoms with Crippen LogP contribution in [0.4, 0.5) is 0 Å². The van der Waals surface area contributed by atoms with Crippen LogP contribution in [0.15, 0.2) is 41.6 Å². The molecule has 2 rings (SSSR count). The second-order valence-corrected chi connectivity index (χ2v) is 3.41. The number of nitrogens with one attached hydrogen (secondary N) is 2. The summed E-state index contributed by atoms with van der Waals surface area (Å²) < 4.78 is 0. The van der Waals surface area contributed by atoms with Gasteiger partial charge in [-0.1, -0.05) is 30.3 Å². The molecule has 0 fully saturated rings. The summed E-state index contributed by atoms with van der Waals surface area (Å²) in [6.45, 7) is -0.256. The molecule has 1 aromatic heterocycles. The Labute approximate surface area is 103 Å². The molecule has 0 unspecified atom stereocenters. The van der Waals surface area contributed by atoms with E-state index in [0.29, 0.717) is 11.4 Å². The van der Waals surface area contributed by atoms with Crippen LogP contribution in [-0.2, 0) is 4.79 Å². The lowest BCUT2D eigenvalue weighted by Crippen LogP contribution is -2.20. The van der Waals surface area contributed by atoms with Gasteiger partial charge in [-0.3, -0.25) is 10.2 Å². The van der Waals surface area contributed by atoms with E-state index in [1.165, 1.54) is 6.20 Å². The first-order valence-electron chi connectivity index (χ1n) is 5.21. The zero-order valence-corrected chi connectivity index (χ0v) is 9.37. The van der Waals surface area contributed by atoms with E-state index in [1.807, 2.05) is 30.3 Å². The van der Waals surface area contributed by atoms with Gasteiger partial charge in [0.1, 0.15) is 18.0 Å². The Bertz CT molecular complexity index is 536. The summed E-state index contributed by atoms with van der Waals surface area (Å²) in [5.41, 5.74) is 4.38. The molecular weight excluding hydrogens is 234 g/mol. The summed E-state index contributed by atoms with van der Waals surface area (Å²) in [6, 6.07) is 9.32. The molecule has 7 heteroatoms. The SMILES string of the molecule is O=C(O)CN/N=C(/c1ccccc1)c1cn[nH]n1. The Balaban J connectivity index is 2.27. The smallest absolute Gasteiger partial charge is 0.324 e. The molecule has 1 heterocycles. The van der Waals surface area contributed by atoms with Gasteiger partial charge in [-0.05, 0) is 0 Å². The first-order chi connectivity index (χ1) is 8.77. The monoisotopic (exact) mass is 245 g/mol. The Morgan fingerprint density at radius 1 is 1.39 bits per heavy atom. The molecule has 0 spiro atoms. The largest absolute Gasteiger partial charge is 0.480 e. The van der Waals surface area contributed by atoms with Crippen LogP contribution in [0.25, 0.3) is 0 Å². The number of H-pyrrole nitrogens is 1. The van der Waals surface area contributed by atoms with E-state index in [1.54, 1.807) is 0 Å². The number of aromatic nitrogens is 3. The van der Waals surface area contributed by atoms with Crippen molar-refractivity contribution in [1.82, 2.24) is 20.8 Å². The van der Waals surface area contributed by atoms with Crippen LogP contribution in [0.5, 0.6) is 0 Å². The lowest BCUT2D eigenvalue weighted by molar-refractivity contribution is -0.135. The van der Waals surface area contributed by atoms with E-state index >= 15 is 0 Å². The van der Waals surface area contributed by atoms with Gasteiger partial charge in [0.15, 0.2) is 0 Å². The highest BCUT2D eigenvalue weighted by Gasteiger charge is 2.09. The molecular formula is C11H11N5O2. The van der Waals surface area contributed by atoms with Crippen molar-refractivity contribution >= 4 is 11.7 Å². The minimum atomic E-state index is -0.980. The molecule has 0 amide bonds. The summed E-state index contributed by atoms with van der Waals surface area (Å²) in [5.74, 6) is -0.980. The molecule has 0 radical (unpaired) electrons. The van der Waals surface area contributed by atoms with Crippen molar-refractivity contribution in [1.29, 1.82) is 0 Å². The maximum Gasteiger partial charge on any atom is 0.324 e. The number of nitrogens with zero attached hydrogens (tertiary/aromatic N) is 3. The summed E-state index contributed by atoms with van der Waals surface area (Å²) in [5, 5.41) is 22.7. The fourth-order valence-corrected chi connectivity index (χ4v) is 1.37. The van der Waals surface area contributed by atoms with Crippen molar-refractivity contribution < 1.29 is 9.90 Å². The Morgan fingerprint density at radius 3 is 2.78 bits per heavy atom. The van der Waals surface area contributed by atoms with Crippen LogP contribution < -0.4 is 5.43 Å². The van der Waals surface area contributed by atoms with Gasteiger partial charge < -0.3 is 5.11 Å². The third-order valence-corrected chi connectivity index (χ3v) is 2.13. The van der Waals surface area contributed by atoms with Gasteiger partial charge >= 0.3 is 5.97 Å². The molecule has 0 aliphatic heterocycles. The zero-order chi connectivity index (χ0) is 12.8. The fraction of sp³-hybridized carbons (Fsp3) is 0.0909. The third-order valence-electron chi connectivity index (χ3n) is 2.13. The topological polar surface area (TPSA) is 103 Å². The van der Waals surface area contributed by atoms with Crippen LogP contribution in [-0.4, -0.2) is 38.7 Å². The van der Waals surface area contributed by atoms with Crippen molar-refractivity contribution in [3.63, 3.8) is 0 Å². The molecule has 0 saturated heterocycles. The summed E-state index contributed by atoms with van der Waals surface area (Å²) in [4.78, 5) is 10.4. The minimum absolute atomic E-state index is 0.256. The van der Waals surface area contributed by atoms with Gasteiger partial charge in [0, 0.05) is 5.56 Å². The number of hydrazone groups is 1. The van der Waals surface area contributed by atoms with Crippen LogP contribution in [0.3, 0.4) is 0 Å². The molecule has 0 aliphatic carbocycles. The van der Waals surface area contributed by atoms with Gasteiger partial charge in [-0.25, -0.2) is 0 Å². The molecule has 2 aromatic rings. The molecule has 3 N–H and O–H groups in total. The number of aliphatic carboxylic acids is 1. The maximum atomic E-state index is 10.4. The standard InChI is InChI=1S/C11H11N5O2/c17-10(18)7-12-15-11(9-6-13-16-14-9)8-4-2-1-3-5-8/h1-6,12H,7H2,(H,17,18)(H,13,14,16)/b15-11-. The number of carboxylic acids is 1. The number of benzene rings is 1. The van der Waals surface area contributed by atoms with E-state index in [-0.39, 0.29) is 6.54 Å². The van der Waals surface area contributed by atoms with Crippen molar-refractivity contribution in [2.45, 2.75) is 0 Å². The molecule has 0 saturated carbocycles. The Hall–Kier alpha value is -2.70. The zero-order valence-electron chi connectivity index (χ0n) is 9.37. The molecule has 0 atom stereocenters. The minimum Gasteiger partial charge on any atom is -0.480 e. The number of carbonyl (C=O) groups is 1. The number of carboxylic acid groups (broad SMARTS) is 1. The molecule has 7 nitrogen and oxygen atoms in total. The summed E-state index contributed by atoms with van der Waals surface area (Å²) >= 11 is 0. The number of rotatable bonds is 5. The van der Waals surface area contributed by atoms with E-state index in [2.05, 4.69) is 25.9 Å². The fourth-order valence-electron chi connectivity index (χ4n) is 1.37. The van der Waals surface area contributed by atoms with Crippen LogP contribution in [0.2, 0.25) is 0 Å². The molecule has 0 bridgehead atoms. The van der Waals surface area contributed by atoms with Crippen molar-refractivity contribution in [3.05, 3.63) is 47.8 Å². The van der Waals surface area contributed by atoms with Gasteiger partial charge in [-0.15, -0.1) is 0 Å². The highest BCUT2D eigenvalue weighted by atomic mass is 16.4. The van der Waals surface area contributed by atoms with Gasteiger partial charge in [0.2, 0.25) is 0 Å². The molecule has 92 valence electrons.